The first-order chi connectivity index (χ1) is 10.2. The zero-order chi connectivity index (χ0) is 14.4. The van der Waals surface area contributed by atoms with E-state index in [9.17, 15) is 5.21 Å². The minimum absolute atomic E-state index is 0.781. The molecule has 0 unspecified atom stereocenters. The molecule has 1 aromatic carbocycles. The van der Waals surface area contributed by atoms with Gasteiger partial charge in [0, 0.05) is 5.56 Å². The van der Waals surface area contributed by atoms with Gasteiger partial charge in [0.1, 0.15) is 32.3 Å². The maximum absolute atomic E-state index is 9.49. The average Bonchev–Trinajstić information content (AvgIpc) is 2.44. The van der Waals surface area contributed by atoms with Crippen LogP contribution >= 0.6 is 0 Å². The molecule has 0 saturated carbocycles. The van der Waals surface area contributed by atoms with Gasteiger partial charge >= 0.3 is 0 Å². The quantitative estimate of drug-likeness (QED) is 0.384. The normalized spacial score (nSPS) is 38.0. The van der Waals surface area contributed by atoms with Crippen molar-refractivity contribution in [3.05, 3.63) is 35.4 Å². The molecule has 1 aromatic rings. The molecule has 4 heterocycles. The summed E-state index contributed by atoms with van der Waals surface area (Å²) >= 11 is 0. The second kappa shape index (κ2) is 4.78. The minimum Gasteiger partial charge on any atom is -0.410 e. The van der Waals surface area contributed by atoms with Gasteiger partial charge in [0.25, 0.3) is 0 Å². The van der Waals surface area contributed by atoms with Crippen molar-refractivity contribution in [3.63, 3.8) is 0 Å². The van der Waals surface area contributed by atoms with Crippen molar-refractivity contribution in [1.29, 1.82) is 0 Å². The third-order valence-electron chi connectivity index (χ3n) is 4.69. The molecule has 0 radical (unpaired) electrons. The third kappa shape index (κ3) is 2.34. The molecule has 112 valence electrons. The van der Waals surface area contributed by atoms with Crippen LogP contribution in [0, 0.1) is 6.92 Å². The van der Waals surface area contributed by atoms with Crippen molar-refractivity contribution in [3.8, 4) is 0 Å². The molecule has 4 aliphatic heterocycles. The monoisotopic (exact) mass is 288 g/mol. The Hall–Kier alpha value is -1.47. The summed E-state index contributed by atoms with van der Waals surface area (Å²) in [6.45, 7) is 9.24. The Morgan fingerprint density at radius 2 is 1.57 bits per heavy atom. The first kappa shape index (κ1) is 13.2. The standard InChI is InChI=1S/C15H21N5O/c1-13-2-4-14(5-3-13)15(16-21)6-20-10-17-7-18(11-20)9-19(8-17)12-20/h2-5H,6-12H2,1H3/p+1/b16-15-. The van der Waals surface area contributed by atoms with Crippen molar-refractivity contribution in [1.82, 2.24) is 14.7 Å². The molecule has 0 amide bonds. The van der Waals surface area contributed by atoms with Crippen LogP contribution in [0.5, 0.6) is 0 Å². The van der Waals surface area contributed by atoms with E-state index in [4.69, 9.17) is 0 Å². The van der Waals surface area contributed by atoms with Crippen LogP contribution in [0.3, 0.4) is 0 Å². The first-order valence-electron chi connectivity index (χ1n) is 7.46. The number of nitrogens with zero attached hydrogens (tertiary/aromatic N) is 5. The third-order valence-corrected chi connectivity index (χ3v) is 4.69. The van der Waals surface area contributed by atoms with Gasteiger partial charge in [-0.25, -0.2) is 14.7 Å². The largest absolute Gasteiger partial charge is 0.410 e. The zero-order valence-electron chi connectivity index (χ0n) is 12.4. The number of benzene rings is 1. The SMILES string of the molecule is Cc1ccc(/C(C[N+]23CN4CN(CN(C4)C2)C3)=N\O)cc1. The molecule has 0 spiro atoms. The topological polar surface area (TPSA) is 42.3 Å². The van der Waals surface area contributed by atoms with Crippen molar-refractivity contribution in [2.75, 3.05) is 46.6 Å². The Morgan fingerprint density at radius 3 is 2.05 bits per heavy atom. The molecule has 0 aromatic heterocycles. The molecule has 4 fully saturated rings. The lowest BCUT2D eigenvalue weighted by atomic mass is 10.1. The number of rotatable bonds is 3. The van der Waals surface area contributed by atoms with Crippen LogP contribution in [0.1, 0.15) is 11.1 Å². The molecule has 1 N–H and O–H groups in total. The van der Waals surface area contributed by atoms with E-state index in [2.05, 4.69) is 51.0 Å². The van der Waals surface area contributed by atoms with Crippen molar-refractivity contribution in [2.45, 2.75) is 6.92 Å². The Bertz CT molecular complexity index is 533. The van der Waals surface area contributed by atoms with Gasteiger partial charge in [-0.1, -0.05) is 35.0 Å². The lowest BCUT2D eigenvalue weighted by Gasteiger charge is -2.60. The smallest absolute Gasteiger partial charge is 0.141 e. The fourth-order valence-corrected chi connectivity index (χ4v) is 4.05. The van der Waals surface area contributed by atoms with Gasteiger partial charge in [0.05, 0.1) is 20.0 Å². The molecule has 4 aliphatic rings. The van der Waals surface area contributed by atoms with Crippen molar-refractivity contribution in [2.24, 2.45) is 5.16 Å². The lowest BCUT2D eigenvalue weighted by molar-refractivity contribution is -0.972. The highest BCUT2D eigenvalue weighted by molar-refractivity contribution is 6.01. The number of quaternary nitrogens is 1. The highest BCUT2D eigenvalue weighted by Crippen LogP contribution is 2.29. The molecule has 21 heavy (non-hydrogen) atoms. The van der Waals surface area contributed by atoms with Gasteiger partial charge in [0.2, 0.25) is 0 Å². The molecule has 0 atom stereocenters. The minimum atomic E-state index is 0.781. The van der Waals surface area contributed by atoms with Gasteiger partial charge in [-0.15, -0.1) is 0 Å². The van der Waals surface area contributed by atoms with Crippen molar-refractivity contribution >= 4 is 5.71 Å². The van der Waals surface area contributed by atoms with E-state index in [0.29, 0.717) is 0 Å². The molecule has 0 aliphatic carbocycles. The maximum Gasteiger partial charge on any atom is 0.141 e. The second-order valence-corrected chi connectivity index (χ2v) is 6.77. The predicted octanol–water partition coefficient (Wildman–Crippen LogP) is 0.682. The van der Waals surface area contributed by atoms with Crippen LogP contribution < -0.4 is 0 Å². The summed E-state index contributed by atoms with van der Waals surface area (Å²) in [6.07, 6.45) is 0. The zero-order valence-corrected chi connectivity index (χ0v) is 12.4. The summed E-state index contributed by atoms with van der Waals surface area (Å²) in [5.41, 5.74) is 3.04. The van der Waals surface area contributed by atoms with Gasteiger partial charge in [0.15, 0.2) is 0 Å². The Morgan fingerprint density at radius 1 is 1.05 bits per heavy atom. The Kier molecular flexibility index (Phi) is 3.00. The Balaban J connectivity index is 1.58. The van der Waals surface area contributed by atoms with Crippen molar-refractivity contribution < 1.29 is 9.69 Å². The molecule has 6 nitrogen and oxygen atoms in total. The number of hydrogen-bond acceptors (Lipinski definition) is 5. The van der Waals surface area contributed by atoms with Gasteiger partial charge < -0.3 is 5.21 Å². The fourth-order valence-electron chi connectivity index (χ4n) is 4.05. The van der Waals surface area contributed by atoms with Crippen LogP contribution in [0.15, 0.2) is 29.4 Å². The summed E-state index contributed by atoms with van der Waals surface area (Å²) in [5, 5.41) is 13.1. The molecule has 4 bridgehead atoms. The molecule has 5 rings (SSSR count). The molecule has 6 heteroatoms. The van der Waals surface area contributed by atoms with E-state index >= 15 is 0 Å². The summed E-state index contributed by atoms with van der Waals surface area (Å²) in [4.78, 5) is 7.42. The first-order valence-corrected chi connectivity index (χ1v) is 7.46. The average molecular weight is 288 g/mol. The van der Waals surface area contributed by atoms with Crippen LogP contribution in [-0.4, -0.2) is 76.7 Å². The maximum atomic E-state index is 9.49. The number of aryl methyl sites for hydroxylation is 1. The number of oxime groups is 1. The van der Waals surface area contributed by atoms with E-state index in [1.807, 2.05) is 0 Å². The van der Waals surface area contributed by atoms with Crippen LogP contribution in [0.2, 0.25) is 0 Å². The summed E-state index contributed by atoms with van der Waals surface area (Å²) < 4.78 is 0.952. The van der Waals surface area contributed by atoms with E-state index in [0.717, 1.165) is 62.3 Å². The summed E-state index contributed by atoms with van der Waals surface area (Å²) in [5.74, 6) is 0. The van der Waals surface area contributed by atoms with Gasteiger partial charge in [-0.2, -0.15) is 0 Å². The van der Waals surface area contributed by atoms with E-state index in [1.165, 1.54) is 5.56 Å². The summed E-state index contributed by atoms with van der Waals surface area (Å²) in [7, 11) is 0. The fraction of sp³-hybridized carbons (Fsp3) is 0.533. The van der Waals surface area contributed by atoms with Crippen LogP contribution in [0.25, 0.3) is 0 Å². The number of hydrogen-bond donors (Lipinski definition) is 1. The second-order valence-electron chi connectivity index (χ2n) is 6.77. The van der Waals surface area contributed by atoms with E-state index in [1.54, 1.807) is 0 Å². The van der Waals surface area contributed by atoms with E-state index in [-0.39, 0.29) is 0 Å². The predicted molar refractivity (Wildman–Crippen MR) is 79.3 cm³/mol. The molecular formula is C15H22N5O+. The Labute approximate surface area is 125 Å². The summed E-state index contributed by atoms with van der Waals surface area (Å²) in [6, 6.07) is 8.25. The van der Waals surface area contributed by atoms with E-state index < -0.39 is 0 Å². The molecular weight excluding hydrogens is 266 g/mol. The molecule has 4 saturated heterocycles. The highest BCUT2D eigenvalue weighted by atomic mass is 16.4. The van der Waals surface area contributed by atoms with Crippen LogP contribution in [0.4, 0.5) is 0 Å². The lowest BCUT2D eigenvalue weighted by Crippen LogP contribution is -2.79. The van der Waals surface area contributed by atoms with Crippen LogP contribution in [-0.2, 0) is 0 Å². The highest BCUT2D eigenvalue weighted by Gasteiger charge is 2.49. The van der Waals surface area contributed by atoms with Gasteiger partial charge in [-0.3, -0.25) is 4.48 Å². The van der Waals surface area contributed by atoms with Gasteiger partial charge in [-0.05, 0) is 6.92 Å².